The average Bonchev–Trinajstić information content (AvgIpc) is 3.30. The van der Waals surface area contributed by atoms with E-state index in [0.717, 1.165) is 11.1 Å². The van der Waals surface area contributed by atoms with Crippen LogP contribution in [0.3, 0.4) is 0 Å². The van der Waals surface area contributed by atoms with E-state index in [1.165, 1.54) is 43.1 Å². The summed E-state index contributed by atoms with van der Waals surface area (Å²) in [5.41, 5.74) is 3.80. The molecule has 1 amide bonds. The number of anilines is 1. The quantitative estimate of drug-likeness (QED) is 0.307. The predicted molar refractivity (Wildman–Crippen MR) is 139 cm³/mol. The Morgan fingerprint density at radius 3 is 2.61 bits per heavy atom. The monoisotopic (exact) mass is 535 g/mol. The minimum atomic E-state index is -0.713. The molecule has 0 bridgehead atoms. The summed E-state index contributed by atoms with van der Waals surface area (Å²) in [6, 6.07) is 5.12. The highest BCUT2D eigenvalue weighted by Gasteiger charge is 2.19. The molecule has 0 spiro atoms. The van der Waals surface area contributed by atoms with Gasteiger partial charge in [0.15, 0.2) is 5.82 Å². The van der Waals surface area contributed by atoms with Gasteiger partial charge in [-0.1, -0.05) is 11.3 Å². The number of methoxy groups -OCH3 is 1. The van der Waals surface area contributed by atoms with Crippen molar-refractivity contribution in [2.75, 3.05) is 19.0 Å². The van der Waals surface area contributed by atoms with Crippen LogP contribution < -0.4 is 14.8 Å². The van der Waals surface area contributed by atoms with Crippen molar-refractivity contribution in [3.63, 3.8) is 0 Å². The van der Waals surface area contributed by atoms with Crippen molar-refractivity contribution in [3.8, 4) is 22.3 Å². The summed E-state index contributed by atoms with van der Waals surface area (Å²) in [5.74, 6) is 0.0894. The molecular weight excluding hydrogens is 513 g/mol. The van der Waals surface area contributed by atoms with Gasteiger partial charge in [0.1, 0.15) is 33.9 Å². The molecule has 0 radical (unpaired) electrons. The Balaban J connectivity index is 1.32. The van der Waals surface area contributed by atoms with Crippen LogP contribution in [0.4, 0.5) is 14.9 Å². The molecule has 194 valence electrons. The standard InChI is InChI=1S/C25H22FN7O4S/c1-12-5-16(21-18(6-12)31-20(35-4)10-29-21)23-32-19-7-17(26)22(33-24(19)38-23)37-13(2)11-36-25(34)30-15-8-27-14(3)28-9-15/h5-10,13H,11H2,1-4H3,(H,30,34)/t13-/m0/s1. The number of ether oxygens (including phenoxy) is 3. The van der Waals surface area contributed by atoms with Gasteiger partial charge < -0.3 is 14.2 Å². The third-order valence-corrected chi connectivity index (χ3v) is 6.30. The zero-order valence-corrected chi connectivity index (χ0v) is 21.7. The lowest BCUT2D eigenvalue weighted by Gasteiger charge is -2.14. The molecule has 0 saturated carbocycles. The molecule has 5 aromatic rings. The molecule has 4 aromatic heterocycles. The lowest BCUT2D eigenvalue weighted by Crippen LogP contribution is -2.24. The third-order valence-electron chi connectivity index (χ3n) is 5.30. The van der Waals surface area contributed by atoms with Crippen LogP contribution in [-0.4, -0.2) is 55.8 Å². The maximum Gasteiger partial charge on any atom is 0.411 e. The van der Waals surface area contributed by atoms with E-state index >= 15 is 0 Å². The summed E-state index contributed by atoms with van der Waals surface area (Å²) in [4.78, 5) is 38.3. The summed E-state index contributed by atoms with van der Waals surface area (Å²) in [6.07, 6.45) is 3.08. The number of thiazole rings is 1. The molecule has 0 saturated heterocycles. The van der Waals surface area contributed by atoms with Gasteiger partial charge in [0.2, 0.25) is 5.88 Å². The van der Waals surface area contributed by atoms with Crippen molar-refractivity contribution in [2.45, 2.75) is 26.9 Å². The van der Waals surface area contributed by atoms with Crippen LogP contribution in [-0.2, 0) is 4.74 Å². The largest absolute Gasteiger partial charge is 0.480 e. The molecule has 0 aliphatic rings. The first-order valence-electron chi connectivity index (χ1n) is 11.5. The topological polar surface area (TPSA) is 134 Å². The van der Waals surface area contributed by atoms with Gasteiger partial charge >= 0.3 is 6.09 Å². The van der Waals surface area contributed by atoms with E-state index in [1.54, 1.807) is 13.8 Å². The number of carbonyl (C=O) groups is 1. The number of nitrogens with one attached hydrogen (secondary N) is 1. The van der Waals surface area contributed by atoms with E-state index in [-0.39, 0.29) is 12.5 Å². The number of nitrogens with zero attached hydrogens (tertiary/aromatic N) is 6. The lowest BCUT2D eigenvalue weighted by atomic mass is 10.1. The third kappa shape index (κ3) is 5.42. The van der Waals surface area contributed by atoms with E-state index in [0.29, 0.717) is 43.8 Å². The second kappa shape index (κ2) is 10.5. The van der Waals surface area contributed by atoms with Crippen molar-refractivity contribution >= 4 is 44.5 Å². The smallest absolute Gasteiger partial charge is 0.411 e. The second-order valence-electron chi connectivity index (χ2n) is 8.38. The fourth-order valence-electron chi connectivity index (χ4n) is 3.56. The maximum absolute atomic E-state index is 14.8. The van der Waals surface area contributed by atoms with Gasteiger partial charge in [-0.15, -0.1) is 0 Å². The summed E-state index contributed by atoms with van der Waals surface area (Å²) in [7, 11) is 1.53. The number of amides is 1. The van der Waals surface area contributed by atoms with Gasteiger partial charge in [0, 0.05) is 11.6 Å². The van der Waals surface area contributed by atoms with Gasteiger partial charge in [-0.05, 0) is 38.5 Å². The van der Waals surface area contributed by atoms with Crippen LogP contribution in [0.15, 0.2) is 36.8 Å². The van der Waals surface area contributed by atoms with Crippen LogP contribution in [0.2, 0.25) is 0 Å². The highest BCUT2D eigenvalue weighted by molar-refractivity contribution is 7.21. The zero-order chi connectivity index (χ0) is 26.8. The molecule has 1 N–H and O–H groups in total. The summed E-state index contributed by atoms with van der Waals surface area (Å²) in [5, 5.41) is 3.13. The molecule has 11 nitrogen and oxygen atoms in total. The lowest BCUT2D eigenvalue weighted by molar-refractivity contribution is 0.0941. The Morgan fingerprint density at radius 2 is 1.84 bits per heavy atom. The number of pyridine rings is 1. The van der Waals surface area contributed by atoms with Crippen LogP contribution >= 0.6 is 11.3 Å². The van der Waals surface area contributed by atoms with E-state index in [2.05, 4.69) is 35.2 Å². The molecule has 1 atom stereocenters. The van der Waals surface area contributed by atoms with Crippen LogP contribution in [0.25, 0.3) is 32.0 Å². The van der Waals surface area contributed by atoms with Crippen molar-refractivity contribution in [3.05, 3.63) is 54.0 Å². The molecule has 0 unspecified atom stereocenters. The summed E-state index contributed by atoms with van der Waals surface area (Å²) >= 11 is 1.28. The van der Waals surface area contributed by atoms with Crippen molar-refractivity contribution in [2.24, 2.45) is 0 Å². The zero-order valence-electron chi connectivity index (χ0n) is 20.9. The van der Waals surface area contributed by atoms with Gasteiger partial charge in [0.25, 0.3) is 5.88 Å². The fourth-order valence-corrected chi connectivity index (χ4v) is 4.49. The molecule has 1 aromatic carbocycles. The Hall–Kier alpha value is -4.52. The number of aromatic nitrogens is 6. The summed E-state index contributed by atoms with van der Waals surface area (Å²) in [6.45, 7) is 5.18. The minimum Gasteiger partial charge on any atom is -0.480 e. The number of hydrogen-bond donors (Lipinski definition) is 1. The van der Waals surface area contributed by atoms with Crippen LogP contribution in [0.5, 0.6) is 11.8 Å². The second-order valence-corrected chi connectivity index (χ2v) is 9.36. The number of aryl methyl sites for hydroxylation is 2. The van der Waals surface area contributed by atoms with Crippen LogP contribution in [0.1, 0.15) is 18.3 Å². The average molecular weight is 536 g/mol. The molecule has 0 fully saturated rings. The molecule has 4 heterocycles. The Morgan fingerprint density at radius 1 is 1.05 bits per heavy atom. The first-order valence-corrected chi connectivity index (χ1v) is 12.3. The first kappa shape index (κ1) is 25.1. The molecule has 5 rings (SSSR count). The Labute approximate surface area is 220 Å². The molecular formula is C25H22FN7O4S. The van der Waals surface area contributed by atoms with Gasteiger partial charge in [-0.2, -0.15) is 4.98 Å². The van der Waals surface area contributed by atoms with E-state index in [1.807, 2.05) is 19.1 Å². The Kier molecular flexibility index (Phi) is 6.92. The number of carbonyl (C=O) groups excluding carboxylic acids is 1. The van der Waals surface area contributed by atoms with Crippen molar-refractivity contribution in [1.82, 2.24) is 29.9 Å². The number of hydrogen-bond acceptors (Lipinski definition) is 11. The Bertz CT molecular complexity index is 1650. The molecule has 0 aliphatic heterocycles. The number of halogens is 1. The predicted octanol–water partition coefficient (Wildman–Crippen LogP) is 4.87. The van der Waals surface area contributed by atoms with Crippen molar-refractivity contribution in [1.29, 1.82) is 0 Å². The normalized spacial score (nSPS) is 11.9. The summed E-state index contributed by atoms with van der Waals surface area (Å²) < 4.78 is 30.8. The minimum absolute atomic E-state index is 0.136. The van der Waals surface area contributed by atoms with Crippen LogP contribution in [0, 0.1) is 19.7 Å². The highest BCUT2D eigenvalue weighted by atomic mass is 32.1. The number of benzene rings is 1. The highest BCUT2D eigenvalue weighted by Crippen LogP contribution is 2.35. The number of rotatable bonds is 7. The van der Waals surface area contributed by atoms with Gasteiger partial charge in [-0.25, -0.2) is 34.1 Å². The fraction of sp³-hybridized carbons (Fsp3) is 0.240. The SMILES string of the molecule is COc1cnc2c(-c3nc4cc(F)c(O[C@@H](C)COC(=O)Nc5cnc(C)nc5)nc4s3)cc(C)cc2n1. The molecule has 13 heteroatoms. The van der Waals surface area contributed by atoms with Crippen molar-refractivity contribution < 1.29 is 23.4 Å². The van der Waals surface area contributed by atoms with E-state index < -0.39 is 18.0 Å². The van der Waals surface area contributed by atoms with E-state index in [4.69, 9.17) is 14.2 Å². The van der Waals surface area contributed by atoms with Gasteiger partial charge in [0.05, 0.1) is 42.4 Å². The molecule has 38 heavy (non-hydrogen) atoms. The van der Waals surface area contributed by atoms with E-state index in [9.17, 15) is 9.18 Å². The first-order chi connectivity index (χ1) is 18.3. The number of fused-ring (bicyclic) bond motifs is 2. The van der Waals surface area contributed by atoms with Gasteiger partial charge in [-0.3, -0.25) is 5.32 Å². The molecule has 0 aliphatic carbocycles. The maximum atomic E-state index is 14.8.